The maximum atomic E-state index is 12.1. The molecule has 29 heavy (non-hydrogen) atoms. The summed E-state index contributed by atoms with van der Waals surface area (Å²) in [6.07, 6.45) is -0.256. The first-order chi connectivity index (χ1) is 14.1. The SMILES string of the molecule is C[C@H]1[C@H](COC(c2ccccc2)(c2ccccc2)c2ccccc2)OC(=O)[C@H]1C. The third-order valence-electron chi connectivity index (χ3n) is 6.02. The van der Waals surface area contributed by atoms with Crippen molar-refractivity contribution in [2.75, 3.05) is 6.61 Å². The quantitative estimate of drug-likeness (QED) is 0.432. The number of esters is 1. The Morgan fingerprint density at radius 1 is 0.759 bits per heavy atom. The largest absolute Gasteiger partial charge is 0.459 e. The zero-order valence-electron chi connectivity index (χ0n) is 16.8. The topological polar surface area (TPSA) is 35.5 Å². The van der Waals surface area contributed by atoms with E-state index >= 15 is 0 Å². The van der Waals surface area contributed by atoms with E-state index in [1.54, 1.807) is 0 Å². The lowest BCUT2D eigenvalue weighted by Crippen LogP contribution is -2.36. The van der Waals surface area contributed by atoms with Gasteiger partial charge in [-0.15, -0.1) is 0 Å². The van der Waals surface area contributed by atoms with Gasteiger partial charge in [-0.2, -0.15) is 0 Å². The van der Waals surface area contributed by atoms with Crippen LogP contribution in [0, 0.1) is 11.8 Å². The van der Waals surface area contributed by atoms with Crippen LogP contribution in [0.3, 0.4) is 0 Å². The Hall–Kier alpha value is -2.91. The standard InChI is InChI=1S/C26H26O3/c1-19-20(2)25(27)29-24(19)18-28-26(21-12-6-3-7-13-21,22-14-8-4-9-15-22)23-16-10-5-11-17-23/h3-17,19-20,24H,18H2,1-2H3/t19-,20+,24+/m1/s1. The van der Waals surface area contributed by atoms with E-state index in [2.05, 4.69) is 43.3 Å². The van der Waals surface area contributed by atoms with Crippen molar-refractivity contribution in [2.45, 2.75) is 25.6 Å². The van der Waals surface area contributed by atoms with Crippen LogP contribution in [0.25, 0.3) is 0 Å². The average molecular weight is 386 g/mol. The van der Waals surface area contributed by atoms with Crippen molar-refractivity contribution >= 4 is 5.97 Å². The van der Waals surface area contributed by atoms with Gasteiger partial charge in [0.15, 0.2) is 0 Å². The average Bonchev–Trinajstić information content (AvgIpc) is 3.03. The predicted octanol–water partition coefficient (Wildman–Crippen LogP) is 5.19. The van der Waals surface area contributed by atoms with Crippen LogP contribution < -0.4 is 0 Å². The van der Waals surface area contributed by atoms with Gasteiger partial charge < -0.3 is 9.47 Å². The van der Waals surface area contributed by atoms with Crippen molar-refractivity contribution in [3.63, 3.8) is 0 Å². The molecule has 0 N–H and O–H groups in total. The first kappa shape index (κ1) is 19.4. The second kappa shape index (κ2) is 8.22. The highest BCUT2D eigenvalue weighted by Crippen LogP contribution is 2.41. The molecule has 0 aromatic heterocycles. The first-order valence-corrected chi connectivity index (χ1v) is 10.1. The fraction of sp³-hybridized carbons (Fsp3) is 0.269. The van der Waals surface area contributed by atoms with Crippen LogP contribution in [0.1, 0.15) is 30.5 Å². The lowest BCUT2D eigenvalue weighted by Gasteiger charge is -2.37. The van der Waals surface area contributed by atoms with E-state index in [9.17, 15) is 4.79 Å². The summed E-state index contributed by atoms with van der Waals surface area (Å²) in [6, 6.07) is 30.7. The highest BCUT2D eigenvalue weighted by molar-refractivity contribution is 5.74. The van der Waals surface area contributed by atoms with Gasteiger partial charge in [-0.05, 0) is 16.7 Å². The predicted molar refractivity (Wildman–Crippen MR) is 113 cm³/mol. The van der Waals surface area contributed by atoms with Crippen molar-refractivity contribution in [1.82, 2.24) is 0 Å². The zero-order valence-corrected chi connectivity index (χ0v) is 16.8. The molecule has 0 bridgehead atoms. The van der Waals surface area contributed by atoms with Crippen LogP contribution in [0.4, 0.5) is 0 Å². The summed E-state index contributed by atoms with van der Waals surface area (Å²) >= 11 is 0. The van der Waals surface area contributed by atoms with E-state index in [-0.39, 0.29) is 23.9 Å². The van der Waals surface area contributed by atoms with Gasteiger partial charge in [-0.3, -0.25) is 4.79 Å². The lowest BCUT2D eigenvalue weighted by atomic mass is 9.80. The maximum absolute atomic E-state index is 12.1. The Balaban J connectivity index is 1.81. The monoisotopic (exact) mass is 386 g/mol. The number of benzene rings is 3. The Labute approximate surface area is 172 Å². The fourth-order valence-electron chi connectivity index (χ4n) is 4.06. The van der Waals surface area contributed by atoms with Crippen LogP contribution in [-0.4, -0.2) is 18.7 Å². The van der Waals surface area contributed by atoms with Gasteiger partial charge in [-0.1, -0.05) is 105 Å². The molecule has 0 amide bonds. The van der Waals surface area contributed by atoms with E-state index in [1.807, 2.05) is 61.5 Å². The minimum Gasteiger partial charge on any atom is -0.459 e. The molecule has 0 spiro atoms. The van der Waals surface area contributed by atoms with Gasteiger partial charge in [0.2, 0.25) is 0 Å². The fourth-order valence-corrected chi connectivity index (χ4v) is 4.06. The van der Waals surface area contributed by atoms with Crippen LogP contribution in [-0.2, 0) is 19.9 Å². The van der Waals surface area contributed by atoms with Crippen molar-refractivity contribution in [3.05, 3.63) is 108 Å². The first-order valence-electron chi connectivity index (χ1n) is 10.1. The zero-order chi connectivity index (χ0) is 20.3. The van der Waals surface area contributed by atoms with E-state index in [4.69, 9.17) is 9.47 Å². The smallest absolute Gasteiger partial charge is 0.309 e. The molecule has 0 unspecified atom stereocenters. The number of carbonyl (C=O) groups is 1. The van der Waals surface area contributed by atoms with Crippen LogP contribution >= 0.6 is 0 Å². The molecular weight excluding hydrogens is 360 g/mol. The molecule has 1 heterocycles. The second-order valence-electron chi connectivity index (χ2n) is 7.71. The Morgan fingerprint density at radius 2 is 1.17 bits per heavy atom. The van der Waals surface area contributed by atoms with Crippen LogP contribution in [0.5, 0.6) is 0 Å². The van der Waals surface area contributed by atoms with E-state index < -0.39 is 5.60 Å². The molecule has 3 aromatic rings. The highest BCUT2D eigenvalue weighted by Gasteiger charge is 2.43. The van der Waals surface area contributed by atoms with Gasteiger partial charge in [0.05, 0.1) is 12.5 Å². The van der Waals surface area contributed by atoms with E-state index in [0.29, 0.717) is 6.61 Å². The Morgan fingerprint density at radius 3 is 1.52 bits per heavy atom. The summed E-state index contributed by atoms with van der Waals surface area (Å²) in [5.41, 5.74) is 2.34. The van der Waals surface area contributed by atoms with Gasteiger partial charge >= 0.3 is 5.97 Å². The Bertz CT molecular complexity index is 841. The van der Waals surface area contributed by atoms with Crippen molar-refractivity contribution in [3.8, 4) is 0 Å². The molecule has 1 aliphatic rings. The van der Waals surface area contributed by atoms with Crippen molar-refractivity contribution in [2.24, 2.45) is 11.8 Å². The highest BCUT2D eigenvalue weighted by atomic mass is 16.6. The second-order valence-corrected chi connectivity index (χ2v) is 7.71. The molecule has 148 valence electrons. The maximum Gasteiger partial charge on any atom is 0.309 e. The summed E-state index contributed by atoms with van der Waals surface area (Å²) in [6.45, 7) is 4.31. The number of carbonyl (C=O) groups excluding carboxylic acids is 1. The molecule has 3 aromatic carbocycles. The third kappa shape index (κ3) is 3.58. The van der Waals surface area contributed by atoms with E-state index in [1.165, 1.54) is 0 Å². The number of ether oxygens (including phenoxy) is 2. The van der Waals surface area contributed by atoms with Gasteiger partial charge in [-0.25, -0.2) is 0 Å². The number of hydrogen-bond acceptors (Lipinski definition) is 3. The molecular formula is C26H26O3. The molecule has 1 fully saturated rings. The van der Waals surface area contributed by atoms with Crippen LogP contribution in [0.2, 0.25) is 0 Å². The summed E-state index contributed by atoms with van der Waals surface area (Å²) in [7, 11) is 0. The molecule has 1 saturated heterocycles. The third-order valence-corrected chi connectivity index (χ3v) is 6.02. The molecule has 4 rings (SSSR count). The van der Waals surface area contributed by atoms with Crippen molar-refractivity contribution < 1.29 is 14.3 Å². The number of hydrogen-bond donors (Lipinski definition) is 0. The minimum atomic E-state index is -0.790. The molecule has 0 saturated carbocycles. The number of cyclic esters (lactones) is 1. The molecule has 0 aliphatic carbocycles. The summed E-state index contributed by atoms with van der Waals surface area (Å²) < 4.78 is 12.4. The van der Waals surface area contributed by atoms with Crippen molar-refractivity contribution in [1.29, 1.82) is 0 Å². The van der Waals surface area contributed by atoms with Gasteiger partial charge in [0.25, 0.3) is 0 Å². The lowest BCUT2D eigenvalue weighted by molar-refractivity contribution is -0.147. The minimum absolute atomic E-state index is 0.108. The van der Waals surface area contributed by atoms with E-state index in [0.717, 1.165) is 16.7 Å². The summed E-state index contributed by atoms with van der Waals surface area (Å²) in [5, 5.41) is 0. The molecule has 0 radical (unpaired) electrons. The normalized spacial score (nSPS) is 21.7. The van der Waals surface area contributed by atoms with Gasteiger partial charge in [0, 0.05) is 5.92 Å². The van der Waals surface area contributed by atoms with Crippen LogP contribution in [0.15, 0.2) is 91.0 Å². The molecule has 3 nitrogen and oxygen atoms in total. The molecule has 3 atom stereocenters. The Kier molecular flexibility index (Phi) is 5.50. The molecule has 1 aliphatic heterocycles. The summed E-state index contributed by atoms with van der Waals surface area (Å²) in [4.78, 5) is 12.1. The molecule has 3 heteroatoms. The van der Waals surface area contributed by atoms with Gasteiger partial charge in [0.1, 0.15) is 11.7 Å². The number of rotatable bonds is 6. The summed E-state index contributed by atoms with van der Waals surface area (Å²) in [5.74, 6) is -0.137.